The molecule has 4 heteroatoms. The molecular weight excluding hydrogens is 216 g/mol. The number of phenolic OH excluding ortho intramolecular Hbond substituents is 1. The van der Waals surface area contributed by atoms with Gasteiger partial charge in [0.1, 0.15) is 5.75 Å². The number of carbonyl (C=O) groups excluding carboxylic acids is 1. The van der Waals surface area contributed by atoms with Crippen LogP contribution in [0.2, 0.25) is 0 Å². The Labute approximate surface area is 97.6 Å². The van der Waals surface area contributed by atoms with Crippen molar-refractivity contribution in [1.29, 1.82) is 0 Å². The summed E-state index contributed by atoms with van der Waals surface area (Å²) in [5.41, 5.74) is 2.86. The van der Waals surface area contributed by atoms with Crippen LogP contribution in [0.3, 0.4) is 0 Å². The summed E-state index contributed by atoms with van der Waals surface area (Å²) in [7, 11) is 0. The molecule has 3 rings (SSSR count). The minimum absolute atomic E-state index is 0.151. The Morgan fingerprint density at radius 2 is 2.12 bits per heavy atom. The van der Waals surface area contributed by atoms with E-state index >= 15 is 0 Å². The predicted octanol–water partition coefficient (Wildman–Crippen LogP) is 2.21. The highest BCUT2D eigenvalue weighted by Gasteiger charge is 2.24. The fourth-order valence-corrected chi connectivity index (χ4v) is 1.91. The van der Waals surface area contributed by atoms with Crippen molar-refractivity contribution in [3.63, 3.8) is 0 Å². The maximum absolute atomic E-state index is 11.8. The van der Waals surface area contributed by atoms with Crippen molar-refractivity contribution in [1.82, 2.24) is 4.98 Å². The molecule has 0 spiro atoms. The first-order valence-electron chi connectivity index (χ1n) is 5.24. The normalized spacial score (nSPS) is 16.0. The molecule has 3 N–H and O–H groups in total. The molecule has 1 aromatic carbocycles. The van der Waals surface area contributed by atoms with Gasteiger partial charge in [-0.05, 0) is 36.4 Å². The van der Waals surface area contributed by atoms with Gasteiger partial charge in [0.05, 0.1) is 5.57 Å². The second-order valence-electron chi connectivity index (χ2n) is 3.87. The number of aromatic hydroxyl groups is 1. The number of hydrogen-bond donors (Lipinski definition) is 3. The van der Waals surface area contributed by atoms with Crippen LogP contribution in [-0.4, -0.2) is 16.0 Å². The second kappa shape index (κ2) is 3.52. The van der Waals surface area contributed by atoms with Crippen molar-refractivity contribution in [3.05, 3.63) is 47.8 Å². The van der Waals surface area contributed by atoms with E-state index in [4.69, 9.17) is 0 Å². The van der Waals surface area contributed by atoms with Gasteiger partial charge < -0.3 is 15.4 Å². The van der Waals surface area contributed by atoms with Crippen molar-refractivity contribution in [2.45, 2.75) is 0 Å². The number of aromatic amines is 1. The maximum Gasteiger partial charge on any atom is 0.256 e. The van der Waals surface area contributed by atoms with Crippen LogP contribution >= 0.6 is 0 Å². The number of hydrogen-bond acceptors (Lipinski definition) is 2. The summed E-state index contributed by atoms with van der Waals surface area (Å²) in [4.78, 5) is 14.8. The first-order valence-corrected chi connectivity index (χ1v) is 5.24. The molecule has 1 aromatic heterocycles. The summed E-state index contributed by atoms with van der Waals surface area (Å²) in [6.07, 6.45) is 3.56. The van der Waals surface area contributed by atoms with Gasteiger partial charge in [0, 0.05) is 23.1 Å². The standard InChI is InChI=1S/C13H10N2O2/c16-9-3-4-12-10(7-9)11(13(17)15-12)6-8-2-1-5-14-8/h1-7,14,16H,(H,15,17)/b11-6+. The summed E-state index contributed by atoms with van der Waals surface area (Å²) in [5.74, 6) is -0.00200. The summed E-state index contributed by atoms with van der Waals surface area (Å²) in [6, 6.07) is 8.57. The van der Waals surface area contributed by atoms with Gasteiger partial charge in [-0.1, -0.05) is 0 Å². The summed E-state index contributed by atoms with van der Waals surface area (Å²) >= 11 is 0. The average Bonchev–Trinajstić information content (AvgIpc) is 2.90. The molecule has 1 aliphatic rings. The zero-order valence-electron chi connectivity index (χ0n) is 8.90. The second-order valence-corrected chi connectivity index (χ2v) is 3.87. The lowest BCUT2D eigenvalue weighted by atomic mass is 10.1. The number of amides is 1. The number of phenols is 1. The van der Waals surface area contributed by atoms with E-state index in [1.807, 2.05) is 12.1 Å². The minimum atomic E-state index is -0.153. The molecule has 0 aliphatic carbocycles. The summed E-state index contributed by atoms with van der Waals surface area (Å²) < 4.78 is 0. The largest absolute Gasteiger partial charge is 0.508 e. The van der Waals surface area contributed by atoms with Crippen LogP contribution in [-0.2, 0) is 4.79 Å². The molecule has 2 aromatic rings. The fourth-order valence-electron chi connectivity index (χ4n) is 1.91. The third kappa shape index (κ3) is 1.59. The fraction of sp³-hybridized carbons (Fsp3) is 0. The van der Waals surface area contributed by atoms with E-state index in [0.717, 1.165) is 16.9 Å². The number of anilines is 1. The number of fused-ring (bicyclic) bond motifs is 1. The number of aromatic nitrogens is 1. The molecule has 0 bridgehead atoms. The Bertz CT molecular complexity index is 612. The van der Waals surface area contributed by atoms with Crippen molar-refractivity contribution < 1.29 is 9.90 Å². The molecule has 1 amide bonds. The lowest BCUT2D eigenvalue weighted by Gasteiger charge is -1.98. The van der Waals surface area contributed by atoms with Gasteiger partial charge in [0.15, 0.2) is 0 Å². The number of H-pyrrole nitrogens is 1. The lowest BCUT2D eigenvalue weighted by Crippen LogP contribution is -2.03. The van der Waals surface area contributed by atoms with Crippen molar-refractivity contribution in [2.75, 3.05) is 5.32 Å². The molecule has 4 nitrogen and oxygen atoms in total. The van der Waals surface area contributed by atoms with Crippen LogP contribution in [0.5, 0.6) is 5.75 Å². The monoisotopic (exact) mass is 226 g/mol. The van der Waals surface area contributed by atoms with Crippen LogP contribution in [0.15, 0.2) is 36.5 Å². The van der Waals surface area contributed by atoms with Gasteiger partial charge in [-0.3, -0.25) is 4.79 Å². The maximum atomic E-state index is 11.8. The molecule has 2 heterocycles. The van der Waals surface area contributed by atoms with E-state index in [0.29, 0.717) is 5.57 Å². The van der Waals surface area contributed by atoms with Crippen LogP contribution < -0.4 is 5.32 Å². The topological polar surface area (TPSA) is 65.1 Å². The molecule has 0 atom stereocenters. The molecule has 0 radical (unpaired) electrons. The van der Waals surface area contributed by atoms with Crippen LogP contribution in [0.4, 0.5) is 5.69 Å². The summed E-state index contributed by atoms with van der Waals surface area (Å²) in [5, 5.41) is 12.2. The van der Waals surface area contributed by atoms with Gasteiger partial charge in [-0.2, -0.15) is 0 Å². The van der Waals surface area contributed by atoms with Gasteiger partial charge in [0.2, 0.25) is 0 Å². The smallest absolute Gasteiger partial charge is 0.256 e. The molecule has 0 fully saturated rings. The van der Waals surface area contributed by atoms with E-state index in [9.17, 15) is 9.90 Å². The van der Waals surface area contributed by atoms with E-state index in [2.05, 4.69) is 10.3 Å². The van der Waals surface area contributed by atoms with Gasteiger partial charge in [-0.15, -0.1) is 0 Å². The molecule has 1 aliphatic heterocycles. The minimum Gasteiger partial charge on any atom is -0.508 e. The Morgan fingerprint density at radius 1 is 1.24 bits per heavy atom. The Kier molecular flexibility index (Phi) is 2.01. The van der Waals surface area contributed by atoms with Gasteiger partial charge in [0.25, 0.3) is 5.91 Å². The molecule has 17 heavy (non-hydrogen) atoms. The predicted molar refractivity (Wildman–Crippen MR) is 65.4 cm³/mol. The Hall–Kier alpha value is -2.49. The lowest BCUT2D eigenvalue weighted by molar-refractivity contribution is -0.110. The van der Waals surface area contributed by atoms with Gasteiger partial charge >= 0.3 is 0 Å². The number of nitrogens with one attached hydrogen (secondary N) is 2. The first kappa shape index (κ1) is 9.72. The van der Waals surface area contributed by atoms with Crippen molar-refractivity contribution in [2.24, 2.45) is 0 Å². The molecular formula is C13H10N2O2. The average molecular weight is 226 g/mol. The number of rotatable bonds is 1. The third-order valence-corrected chi connectivity index (χ3v) is 2.71. The van der Waals surface area contributed by atoms with E-state index in [1.165, 1.54) is 0 Å². The highest BCUT2D eigenvalue weighted by Crippen LogP contribution is 2.35. The van der Waals surface area contributed by atoms with Crippen LogP contribution in [0.1, 0.15) is 11.3 Å². The van der Waals surface area contributed by atoms with Gasteiger partial charge in [-0.25, -0.2) is 0 Å². The number of carbonyl (C=O) groups is 1. The highest BCUT2D eigenvalue weighted by atomic mass is 16.3. The van der Waals surface area contributed by atoms with E-state index < -0.39 is 0 Å². The third-order valence-electron chi connectivity index (χ3n) is 2.71. The van der Waals surface area contributed by atoms with Crippen LogP contribution in [0, 0.1) is 0 Å². The zero-order chi connectivity index (χ0) is 11.8. The zero-order valence-corrected chi connectivity index (χ0v) is 8.90. The molecule has 0 unspecified atom stereocenters. The summed E-state index contributed by atoms with van der Waals surface area (Å²) in [6.45, 7) is 0. The van der Waals surface area contributed by atoms with E-state index in [-0.39, 0.29) is 11.7 Å². The highest BCUT2D eigenvalue weighted by molar-refractivity contribution is 6.34. The molecule has 0 saturated heterocycles. The Balaban J connectivity index is 2.13. The first-order chi connectivity index (χ1) is 8.24. The van der Waals surface area contributed by atoms with Crippen LogP contribution in [0.25, 0.3) is 11.6 Å². The van der Waals surface area contributed by atoms with Crippen molar-refractivity contribution >= 4 is 23.2 Å². The number of benzene rings is 1. The molecule has 0 saturated carbocycles. The quantitative estimate of drug-likeness (QED) is 0.515. The van der Waals surface area contributed by atoms with Crippen molar-refractivity contribution in [3.8, 4) is 5.75 Å². The van der Waals surface area contributed by atoms with E-state index in [1.54, 1.807) is 30.5 Å². The Morgan fingerprint density at radius 3 is 2.88 bits per heavy atom. The molecule has 84 valence electrons. The SMILES string of the molecule is O=C1Nc2ccc(O)cc2/C1=C\c1ccc[nH]1.